The van der Waals surface area contributed by atoms with Crippen LogP contribution in [0.2, 0.25) is 0 Å². The van der Waals surface area contributed by atoms with Crippen molar-refractivity contribution >= 4 is 12.3 Å². The molecule has 4 N–H and O–H groups in total. The molecular weight excluding hydrogens is 837 g/mol. The summed E-state index contributed by atoms with van der Waals surface area (Å²) in [5, 5.41) is 45.6. The van der Waals surface area contributed by atoms with Gasteiger partial charge in [0.2, 0.25) is 5.79 Å². The van der Waals surface area contributed by atoms with Gasteiger partial charge in [0, 0.05) is 38.0 Å². The van der Waals surface area contributed by atoms with Crippen molar-refractivity contribution in [2.45, 2.75) is 215 Å². The van der Waals surface area contributed by atoms with E-state index in [9.17, 15) is 30.0 Å². The number of fused-ring (bicyclic) bond motifs is 1. The minimum Gasteiger partial charge on any atom is -0.459 e. The number of aliphatic hydroxyl groups is 4. The van der Waals surface area contributed by atoms with E-state index < -0.39 is 71.7 Å². The molecule has 0 radical (unpaired) electrons. The number of hydrogen-bond acceptors (Lipinski definition) is 14. The molecular formula is C51H76O14. The molecule has 6 fully saturated rings. The Morgan fingerprint density at radius 2 is 1.75 bits per heavy atom. The second-order valence-electron chi connectivity index (χ2n) is 20.8. The highest BCUT2D eigenvalue weighted by Gasteiger charge is 2.55. The van der Waals surface area contributed by atoms with E-state index in [2.05, 4.69) is 39.7 Å². The fourth-order valence-corrected chi connectivity index (χ4v) is 11.3. The Morgan fingerprint density at radius 1 is 1.00 bits per heavy atom. The van der Waals surface area contributed by atoms with E-state index in [1.807, 2.05) is 19.9 Å². The van der Waals surface area contributed by atoms with E-state index in [1.165, 1.54) is 6.92 Å². The van der Waals surface area contributed by atoms with Crippen LogP contribution in [0.3, 0.4) is 0 Å². The largest absolute Gasteiger partial charge is 0.459 e. The molecule has 6 saturated heterocycles. The first-order valence-corrected chi connectivity index (χ1v) is 24.2. The summed E-state index contributed by atoms with van der Waals surface area (Å²) in [6, 6.07) is 0. The van der Waals surface area contributed by atoms with Gasteiger partial charge < -0.3 is 58.3 Å². The molecule has 7 rings (SSSR count). The number of aldehydes is 1. The van der Waals surface area contributed by atoms with Crippen LogP contribution >= 0.6 is 0 Å². The lowest BCUT2D eigenvalue weighted by molar-refractivity contribution is -0.321. The zero-order chi connectivity index (χ0) is 46.9. The van der Waals surface area contributed by atoms with Gasteiger partial charge in [0.1, 0.15) is 37.3 Å². The normalized spacial score (nSPS) is 41.1. The number of esters is 1. The summed E-state index contributed by atoms with van der Waals surface area (Å²) in [6.45, 7) is 21.9. The Morgan fingerprint density at radius 3 is 2.49 bits per heavy atom. The fourth-order valence-electron chi connectivity index (χ4n) is 11.3. The first-order valence-electron chi connectivity index (χ1n) is 24.2. The summed E-state index contributed by atoms with van der Waals surface area (Å²) < 4.78 is 51.0. The van der Waals surface area contributed by atoms with Crippen molar-refractivity contribution in [3.8, 4) is 0 Å². The van der Waals surface area contributed by atoms with Gasteiger partial charge in [0.15, 0.2) is 17.2 Å². The summed E-state index contributed by atoms with van der Waals surface area (Å²) >= 11 is 0. The van der Waals surface area contributed by atoms with Crippen molar-refractivity contribution in [2.75, 3.05) is 13.2 Å². The van der Waals surface area contributed by atoms with Crippen LogP contribution in [0.5, 0.6) is 0 Å². The highest BCUT2D eigenvalue weighted by Crippen LogP contribution is 2.47. The van der Waals surface area contributed by atoms with Crippen LogP contribution in [0.15, 0.2) is 60.3 Å². The van der Waals surface area contributed by atoms with Crippen molar-refractivity contribution < 1.29 is 67.9 Å². The molecule has 7 heterocycles. The van der Waals surface area contributed by atoms with E-state index in [0.29, 0.717) is 80.3 Å². The second-order valence-corrected chi connectivity index (χ2v) is 20.8. The average Bonchev–Trinajstić information content (AvgIpc) is 3.66. The lowest BCUT2D eigenvalue weighted by Gasteiger charge is -2.50. The lowest BCUT2D eigenvalue weighted by atomic mass is 9.79. The van der Waals surface area contributed by atoms with Crippen LogP contribution in [0.1, 0.15) is 131 Å². The third-order valence-electron chi connectivity index (χ3n) is 15.0. The Kier molecular flexibility index (Phi) is 15.9. The van der Waals surface area contributed by atoms with E-state index in [1.54, 1.807) is 6.08 Å². The van der Waals surface area contributed by atoms with Crippen molar-refractivity contribution in [1.29, 1.82) is 0 Å². The van der Waals surface area contributed by atoms with Crippen LogP contribution in [0.4, 0.5) is 0 Å². The van der Waals surface area contributed by atoms with Gasteiger partial charge in [-0.1, -0.05) is 58.2 Å². The highest BCUT2D eigenvalue weighted by molar-refractivity contribution is 5.79. The number of rotatable bonds is 15. The van der Waals surface area contributed by atoms with Crippen LogP contribution < -0.4 is 0 Å². The van der Waals surface area contributed by atoms with Gasteiger partial charge in [-0.3, -0.25) is 4.79 Å². The van der Waals surface area contributed by atoms with Gasteiger partial charge in [-0.05, 0) is 113 Å². The highest BCUT2D eigenvalue weighted by atomic mass is 16.7. The van der Waals surface area contributed by atoms with Crippen LogP contribution in [0, 0.1) is 17.8 Å². The molecule has 0 unspecified atom stereocenters. The molecule has 0 bridgehead atoms. The first-order chi connectivity index (χ1) is 30.8. The van der Waals surface area contributed by atoms with E-state index >= 15 is 0 Å². The van der Waals surface area contributed by atoms with Crippen molar-refractivity contribution in [3.05, 3.63) is 60.3 Å². The number of allylic oxidation sites excluding steroid dienone is 1. The lowest BCUT2D eigenvalue weighted by Crippen LogP contribution is -2.60. The molecule has 0 aromatic carbocycles. The average molecular weight is 913 g/mol. The summed E-state index contributed by atoms with van der Waals surface area (Å²) in [4.78, 5) is 23.8. The van der Waals surface area contributed by atoms with E-state index in [-0.39, 0.29) is 49.6 Å². The predicted octanol–water partition coefficient (Wildman–Crippen LogP) is 6.37. The molecule has 7 aliphatic heterocycles. The number of aliphatic hydroxyl groups excluding tert-OH is 3. The van der Waals surface area contributed by atoms with Crippen molar-refractivity contribution in [3.63, 3.8) is 0 Å². The fraction of sp³-hybridized carbons (Fsp3) is 0.765. The Balaban J connectivity index is 0.900. The molecule has 65 heavy (non-hydrogen) atoms. The maximum absolute atomic E-state index is 12.9. The molecule has 364 valence electrons. The van der Waals surface area contributed by atoms with E-state index in [4.69, 9.17) is 37.9 Å². The molecule has 14 heteroatoms. The third kappa shape index (κ3) is 11.5. The molecule has 0 aromatic heterocycles. The minimum absolute atomic E-state index is 0.0414. The Labute approximate surface area is 385 Å². The number of ether oxygens (including phenoxy) is 8. The standard InChI is InChI=1S/C51H76O14/c1-30-24-41(63-51(26-30)42(54)14-13-38(62-51)27-48(8,57)47(56)58-29-32(3)23-31(2)28-52)33(4)11-12-37-16-20-50(61-37)21-17-40-46(65-50)43(55)36(7)45(60-40)39(53)25-35(6)44-34(5)15-19-49(64-44)18-9-10-22-59-49/h11-12,26,28,33-35,37-46,53-55,57H,2-3,7,9-10,13-25,27,29H2,1,4-6,8H3/b12-11+/t33-,34-,35+,37-,38+,39+,40-,41+,42-,43-,44+,45+,46-,48-,49+,50-,51-/m1/s1. The Bertz CT molecular complexity index is 1800. The van der Waals surface area contributed by atoms with Crippen molar-refractivity contribution in [2.24, 2.45) is 17.8 Å². The number of carbonyl (C=O) groups is 2. The molecule has 0 aliphatic carbocycles. The molecule has 7 aliphatic rings. The van der Waals surface area contributed by atoms with Gasteiger partial charge in [-0.25, -0.2) is 4.79 Å². The smallest absolute Gasteiger partial charge is 0.338 e. The van der Waals surface area contributed by atoms with Gasteiger partial charge in [0.25, 0.3) is 0 Å². The topological polar surface area (TPSA) is 189 Å². The zero-order valence-corrected chi connectivity index (χ0v) is 39.3. The molecule has 14 nitrogen and oxygen atoms in total. The molecule has 0 aromatic rings. The zero-order valence-electron chi connectivity index (χ0n) is 39.3. The van der Waals surface area contributed by atoms with Crippen LogP contribution in [-0.2, 0) is 47.5 Å². The quantitative estimate of drug-likeness (QED) is 0.0614. The molecule has 0 saturated carbocycles. The molecule has 3 spiro atoms. The first kappa shape index (κ1) is 50.3. The maximum atomic E-state index is 12.9. The maximum Gasteiger partial charge on any atom is 0.338 e. The third-order valence-corrected chi connectivity index (χ3v) is 15.0. The number of carbonyl (C=O) groups excluding carboxylic acids is 2. The predicted molar refractivity (Wildman–Crippen MR) is 240 cm³/mol. The van der Waals surface area contributed by atoms with Gasteiger partial charge in [0.05, 0.1) is 43.2 Å². The summed E-state index contributed by atoms with van der Waals surface area (Å²) in [5.41, 5.74) is 0.291. The van der Waals surface area contributed by atoms with Crippen LogP contribution in [-0.4, -0.2) is 130 Å². The van der Waals surface area contributed by atoms with Gasteiger partial charge >= 0.3 is 5.97 Å². The van der Waals surface area contributed by atoms with Crippen molar-refractivity contribution in [1.82, 2.24) is 0 Å². The molecule has 17 atom stereocenters. The Hall–Kier alpha value is -2.60. The number of hydrogen-bond donors (Lipinski definition) is 4. The van der Waals surface area contributed by atoms with Gasteiger partial charge in [-0.2, -0.15) is 0 Å². The summed E-state index contributed by atoms with van der Waals surface area (Å²) in [5.74, 6) is -3.44. The van der Waals surface area contributed by atoms with Gasteiger partial charge in [-0.15, -0.1) is 0 Å². The second kappa shape index (κ2) is 20.6. The minimum atomic E-state index is -1.89. The SMILES string of the molecule is C=C(C=O)CC(=C)COC(=O)[C@](C)(O)C[C@@H]1CC[C@@H](O)[C@]2(C=C(C)C[C@@H]([C@H](C)/C=C/[C@@H]3CC[C@@]4(CC[C@H]5O[C@H]([C@@H](O)C[C@H](C)[C@H]6O[C@@]7(CCCCO7)CC[C@H]6C)C(=C)[C@@H](O)[C@@H]5O4)O3)O2)O1. The summed E-state index contributed by atoms with van der Waals surface area (Å²) in [6.07, 6.45) is 9.97. The van der Waals surface area contributed by atoms with E-state index in [0.717, 1.165) is 44.3 Å². The molecule has 0 amide bonds. The monoisotopic (exact) mass is 913 g/mol. The summed E-state index contributed by atoms with van der Waals surface area (Å²) in [7, 11) is 0. The van der Waals surface area contributed by atoms with Crippen LogP contribution in [0.25, 0.3) is 0 Å².